The SMILES string of the molecule is CCCCC(C)(CCC)C1OCCCO1. The van der Waals surface area contributed by atoms with Crippen molar-refractivity contribution in [1.82, 2.24) is 0 Å². The molecule has 1 atom stereocenters. The van der Waals surface area contributed by atoms with E-state index in [1.807, 2.05) is 0 Å². The summed E-state index contributed by atoms with van der Waals surface area (Å²) in [7, 11) is 0. The van der Waals surface area contributed by atoms with Crippen LogP contribution in [0, 0.1) is 5.41 Å². The summed E-state index contributed by atoms with van der Waals surface area (Å²) < 4.78 is 11.5. The molecule has 2 heteroatoms. The molecule has 0 radical (unpaired) electrons. The molecule has 0 aliphatic carbocycles. The molecule has 0 bridgehead atoms. The molecule has 0 aromatic rings. The summed E-state index contributed by atoms with van der Waals surface area (Å²) in [6, 6.07) is 0. The fourth-order valence-electron chi connectivity index (χ4n) is 2.40. The van der Waals surface area contributed by atoms with Crippen molar-refractivity contribution in [1.29, 1.82) is 0 Å². The predicted molar refractivity (Wildman–Crippen MR) is 62.8 cm³/mol. The number of rotatable bonds is 6. The van der Waals surface area contributed by atoms with Crippen molar-refractivity contribution in [3.63, 3.8) is 0 Å². The summed E-state index contributed by atoms with van der Waals surface area (Å²) in [5, 5.41) is 0. The van der Waals surface area contributed by atoms with Crippen molar-refractivity contribution >= 4 is 0 Å². The topological polar surface area (TPSA) is 18.5 Å². The van der Waals surface area contributed by atoms with Crippen LogP contribution < -0.4 is 0 Å². The van der Waals surface area contributed by atoms with E-state index in [1.165, 1.54) is 32.1 Å². The average Bonchev–Trinajstić information content (AvgIpc) is 2.28. The molecule has 0 spiro atoms. The van der Waals surface area contributed by atoms with E-state index in [0.29, 0.717) is 0 Å². The first kappa shape index (κ1) is 13.0. The van der Waals surface area contributed by atoms with Crippen LogP contribution in [0.5, 0.6) is 0 Å². The van der Waals surface area contributed by atoms with Gasteiger partial charge in [-0.3, -0.25) is 0 Å². The molecule has 1 fully saturated rings. The summed E-state index contributed by atoms with van der Waals surface area (Å²) in [4.78, 5) is 0. The third-order valence-corrected chi connectivity index (χ3v) is 3.32. The first-order valence-electron chi connectivity index (χ1n) is 6.46. The second-order valence-electron chi connectivity index (χ2n) is 4.93. The fourth-order valence-corrected chi connectivity index (χ4v) is 2.40. The maximum atomic E-state index is 5.77. The molecular formula is C13H26O2. The second kappa shape index (κ2) is 6.49. The van der Waals surface area contributed by atoms with Gasteiger partial charge in [0.1, 0.15) is 0 Å². The van der Waals surface area contributed by atoms with Crippen LogP contribution in [0.15, 0.2) is 0 Å². The molecule has 1 rings (SSSR count). The van der Waals surface area contributed by atoms with Gasteiger partial charge in [-0.05, 0) is 19.3 Å². The molecule has 15 heavy (non-hydrogen) atoms. The van der Waals surface area contributed by atoms with Gasteiger partial charge in [0.15, 0.2) is 6.29 Å². The molecule has 1 unspecified atom stereocenters. The van der Waals surface area contributed by atoms with Crippen molar-refractivity contribution in [3.05, 3.63) is 0 Å². The van der Waals surface area contributed by atoms with Crippen LogP contribution in [0.2, 0.25) is 0 Å². The highest BCUT2D eigenvalue weighted by Crippen LogP contribution is 2.37. The second-order valence-corrected chi connectivity index (χ2v) is 4.93. The molecule has 0 saturated carbocycles. The summed E-state index contributed by atoms with van der Waals surface area (Å²) in [6.45, 7) is 8.55. The number of hydrogen-bond acceptors (Lipinski definition) is 2. The van der Waals surface area contributed by atoms with Crippen molar-refractivity contribution in [2.75, 3.05) is 13.2 Å². The van der Waals surface area contributed by atoms with Gasteiger partial charge in [0.05, 0.1) is 13.2 Å². The number of unbranched alkanes of at least 4 members (excludes halogenated alkanes) is 1. The normalized spacial score (nSPS) is 22.6. The van der Waals surface area contributed by atoms with E-state index in [0.717, 1.165) is 19.6 Å². The van der Waals surface area contributed by atoms with Gasteiger partial charge < -0.3 is 9.47 Å². The van der Waals surface area contributed by atoms with Gasteiger partial charge in [0.25, 0.3) is 0 Å². The maximum absolute atomic E-state index is 5.77. The van der Waals surface area contributed by atoms with Gasteiger partial charge in [-0.15, -0.1) is 0 Å². The summed E-state index contributed by atoms with van der Waals surface area (Å²) in [6.07, 6.45) is 7.26. The van der Waals surface area contributed by atoms with Crippen LogP contribution in [0.25, 0.3) is 0 Å². The van der Waals surface area contributed by atoms with Crippen LogP contribution in [0.3, 0.4) is 0 Å². The van der Waals surface area contributed by atoms with Crippen LogP contribution in [-0.2, 0) is 9.47 Å². The van der Waals surface area contributed by atoms with Crippen LogP contribution in [0.4, 0.5) is 0 Å². The Kier molecular flexibility index (Phi) is 5.62. The summed E-state index contributed by atoms with van der Waals surface area (Å²) in [5.74, 6) is 0. The lowest BCUT2D eigenvalue weighted by molar-refractivity contribution is -0.236. The van der Waals surface area contributed by atoms with E-state index in [-0.39, 0.29) is 11.7 Å². The summed E-state index contributed by atoms with van der Waals surface area (Å²) in [5.41, 5.74) is 0.227. The van der Waals surface area contributed by atoms with E-state index in [4.69, 9.17) is 9.47 Å². The number of ether oxygens (including phenoxy) is 2. The van der Waals surface area contributed by atoms with Crippen molar-refractivity contribution in [3.8, 4) is 0 Å². The van der Waals surface area contributed by atoms with E-state index in [9.17, 15) is 0 Å². The molecule has 1 aliphatic heterocycles. The van der Waals surface area contributed by atoms with Gasteiger partial charge in [0, 0.05) is 5.41 Å². The van der Waals surface area contributed by atoms with Gasteiger partial charge in [0.2, 0.25) is 0 Å². The number of hydrogen-bond donors (Lipinski definition) is 0. The average molecular weight is 214 g/mol. The lowest BCUT2D eigenvalue weighted by atomic mass is 9.79. The lowest BCUT2D eigenvalue weighted by Crippen LogP contribution is -2.40. The Balaban J connectivity index is 2.52. The highest BCUT2D eigenvalue weighted by atomic mass is 16.7. The Morgan fingerprint density at radius 2 is 1.73 bits per heavy atom. The maximum Gasteiger partial charge on any atom is 0.162 e. The monoisotopic (exact) mass is 214 g/mol. The quantitative estimate of drug-likeness (QED) is 0.670. The van der Waals surface area contributed by atoms with Crippen molar-refractivity contribution < 1.29 is 9.47 Å². The zero-order valence-corrected chi connectivity index (χ0v) is 10.6. The van der Waals surface area contributed by atoms with Crippen molar-refractivity contribution in [2.24, 2.45) is 5.41 Å². The fraction of sp³-hybridized carbons (Fsp3) is 1.00. The minimum atomic E-state index is 0.0396. The first-order chi connectivity index (χ1) is 7.23. The molecule has 1 saturated heterocycles. The Bertz CT molecular complexity index is 164. The van der Waals surface area contributed by atoms with Crippen LogP contribution in [0.1, 0.15) is 59.3 Å². The molecule has 0 N–H and O–H groups in total. The zero-order chi connectivity index (χ0) is 11.1. The standard InChI is InChI=1S/C13H26O2/c1-4-6-9-13(3,8-5-2)12-14-10-7-11-15-12/h12H,4-11H2,1-3H3. The third kappa shape index (κ3) is 3.76. The van der Waals surface area contributed by atoms with E-state index < -0.39 is 0 Å². The van der Waals surface area contributed by atoms with E-state index in [1.54, 1.807) is 0 Å². The van der Waals surface area contributed by atoms with Gasteiger partial charge in [-0.1, -0.05) is 40.0 Å². The minimum Gasteiger partial charge on any atom is -0.352 e. The van der Waals surface area contributed by atoms with Gasteiger partial charge in [-0.25, -0.2) is 0 Å². The molecule has 1 aliphatic rings. The Labute approximate surface area is 94.3 Å². The van der Waals surface area contributed by atoms with Gasteiger partial charge in [-0.2, -0.15) is 0 Å². The Morgan fingerprint density at radius 1 is 1.07 bits per heavy atom. The highest BCUT2D eigenvalue weighted by Gasteiger charge is 2.35. The van der Waals surface area contributed by atoms with E-state index in [2.05, 4.69) is 20.8 Å². The van der Waals surface area contributed by atoms with Crippen molar-refractivity contribution in [2.45, 2.75) is 65.6 Å². The molecule has 0 amide bonds. The smallest absolute Gasteiger partial charge is 0.162 e. The molecular weight excluding hydrogens is 188 g/mol. The largest absolute Gasteiger partial charge is 0.352 e. The Morgan fingerprint density at radius 3 is 2.27 bits per heavy atom. The van der Waals surface area contributed by atoms with Crippen LogP contribution in [-0.4, -0.2) is 19.5 Å². The molecule has 0 aromatic heterocycles. The Hall–Kier alpha value is -0.0800. The first-order valence-corrected chi connectivity index (χ1v) is 6.46. The van der Waals surface area contributed by atoms with Gasteiger partial charge >= 0.3 is 0 Å². The molecule has 90 valence electrons. The summed E-state index contributed by atoms with van der Waals surface area (Å²) >= 11 is 0. The minimum absolute atomic E-state index is 0.0396. The lowest BCUT2D eigenvalue weighted by Gasteiger charge is -2.39. The third-order valence-electron chi connectivity index (χ3n) is 3.32. The predicted octanol–water partition coefficient (Wildman–Crippen LogP) is 3.75. The highest BCUT2D eigenvalue weighted by molar-refractivity contribution is 4.79. The molecule has 2 nitrogen and oxygen atoms in total. The molecule has 1 heterocycles. The van der Waals surface area contributed by atoms with Crippen LogP contribution >= 0.6 is 0 Å². The van der Waals surface area contributed by atoms with E-state index >= 15 is 0 Å². The molecule has 0 aromatic carbocycles. The zero-order valence-electron chi connectivity index (χ0n) is 10.6.